The predicted molar refractivity (Wildman–Crippen MR) is 49.1 cm³/mol. The Hall–Kier alpha value is -0.220. The second-order valence-electron chi connectivity index (χ2n) is 3.66. The van der Waals surface area contributed by atoms with Gasteiger partial charge in [0.05, 0.1) is 0 Å². The first-order valence-electron chi connectivity index (χ1n) is 4.90. The number of hydrogen-bond donors (Lipinski definition) is 2. The monoisotopic (exact) mass is 192 g/mol. The highest BCUT2D eigenvalue weighted by atomic mass is 19.3. The van der Waals surface area contributed by atoms with E-state index in [1.54, 1.807) is 7.05 Å². The Balaban J connectivity index is 2.36. The van der Waals surface area contributed by atoms with E-state index >= 15 is 0 Å². The summed E-state index contributed by atoms with van der Waals surface area (Å²) in [6, 6.07) is 0. The minimum Gasteiger partial charge on any atom is -0.320 e. The Labute approximate surface area is 78.1 Å². The van der Waals surface area contributed by atoms with Gasteiger partial charge in [0.1, 0.15) is 0 Å². The maximum atomic E-state index is 13.4. The summed E-state index contributed by atoms with van der Waals surface area (Å²) in [4.78, 5) is 0. The Morgan fingerprint density at radius 3 is 2.85 bits per heavy atom. The van der Waals surface area contributed by atoms with Gasteiger partial charge in [-0.2, -0.15) is 0 Å². The zero-order valence-electron chi connectivity index (χ0n) is 8.08. The van der Waals surface area contributed by atoms with E-state index < -0.39 is 11.8 Å². The summed E-state index contributed by atoms with van der Waals surface area (Å²) in [6.07, 6.45) is 1.49. The van der Waals surface area contributed by atoms with Gasteiger partial charge in [0.15, 0.2) is 0 Å². The standard InChI is InChI=1S/C9H18F2N2/c1-12-6-4-9(10,11)8-3-2-5-13-7-8/h8,12-13H,2-7H2,1H3. The first-order valence-corrected chi connectivity index (χ1v) is 4.90. The lowest BCUT2D eigenvalue weighted by atomic mass is 9.91. The van der Waals surface area contributed by atoms with Crippen LogP contribution in [0.25, 0.3) is 0 Å². The summed E-state index contributed by atoms with van der Waals surface area (Å²) in [7, 11) is 1.70. The molecule has 0 aromatic heterocycles. The van der Waals surface area contributed by atoms with Gasteiger partial charge in [0.2, 0.25) is 0 Å². The molecule has 1 atom stereocenters. The van der Waals surface area contributed by atoms with Gasteiger partial charge in [-0.25, -0.2) is 8.78 Å². The summed E-state index contributed by atoms with van der Waals surface area (Å²) in [5.74, 6) is -2.97. The topological polar surface area (TPSA) is 24.1 Å². The zero-order chi connectivity index (χ0) is 9.73. The average Bonchev–Trinajstić information content (AvgIpc) is 2.16. The van der Waals surface area contributed by atoms with Gasteiger partial charge in [0.25, 0.3) is 5.92 Å². The summed E-state index contributed by atoms with van der Waals surface area (Å²) >= 11 is 0. The zero-order valence-corrected chi connectivity index (χ0v) is 8.08. The molecule has 1 heterocycles. The number of hydrogen-bond acceptors (Lipinski definition) is 2. The Bertz CT molecular complexity index is 145. The fourth-order valence-corrected chi connectivity index (χ4v) is 1.71. The molecular weight excluding hydrogens is 174 g/mol. The Morgan fingerprint density at radius 1 is 1.54 bits per heavy atom. The molecule has 0 aromatic rings. The average molecular weight is 192 g/mol. The lowest BCUT2D eigenvalue weighted by Crippen LogP contribution is -2.41. The first kappa shape index (κ1) is 10.9. The van der Waals surface area contributed by atoms with Gasteiger partial charge in [-0.15, -0.1) is 0 Å². The van der Waals surface area contributed by atoms with E-state index in [-0.39, 0.29) is 6.42 Å². The van der Waals surface area contributed by atoms with Crippen LogP contribution in [0.15, 0.2) is 0 Å². The Kier molecular flexibility index (Phi) is 4.06. The van der Waals surface area contributed by atoms with E-state index in [4.69, 9.17) is 0 Å². The van der Waals surface area contributed by atoms with Crippen LogP contribution in [0, 0.1) is 5.92 Å². The molecule has 2 N–H and O–H groups in total. The lowest BCUT2D eigenvalue weighted by Gasteiger charge is -2.30. The number of halogens is 2. The number of piperidine rings is 1. The van der Waals surface area contributed by atoms with Crippen LogP contribution in [-0.4, -0.2) is 32.6 Å². The van der Waals surface area contributed by atoms with Crippen molar-refractivity contribution in [3.05, 3.63) is 0 Å². The number of alkyl halides is 2. The van der Waals surface area contributed by atoms with Gasteiger partial charge in [0, 0.05) is 25.4 Å². The molecule has 0 aliphatic carbocycles. The predicted octanol–water partition coefficient (Wildman–Crippen LogP) is 1.23. The minimum absolute atomic E-state index is 0.0458. The molecule has 0 amide bonds. The highest BCUT2D eigenvalue weighted by molar-refractivity contribution is 4.82. The van der Waals surface area contributed by atoms with Crippen LogP contribution < -0.4 is 10.6 Å². The van der Waals surface area contributed by atoms with Crippen molar-refractivity contribution in [2.75, 3.05) is 26.7 Å². The molecule has 1 aliphatic rings. The highest BCUT2D eigenvalue weighted by Gasteiger charge is 2.38. The molecule has 2 nitrogen and oxygen atoms in total. The van der Waals surface area contributed by atoms with Crippen LogP contribution in [0.4, 0.5) is 8.78 Å². The lowest BCUT2D eigenvalue weighted by molar-refractivity contribution is -0.0712. The van der Waals surface area contributed by atoms with E-state index in [1.807, 2.05) is 0 Å². The third kappa shape index (κ3) is 3.19. The number of nitrogens with one attached hydrogen (secondary N) is 2. The number of rotatable bonds is 4. The molecule has 78 valence electrons. The molecule has 1 fully saturated rings. The van der Waals surface area contributed by atoms with Crippen molar-refractivity contribution < 1.29 is 8.78 Å². The fourth-order valence-electron chi connectivity index (χ4n) is 1.71. The van der Waals surface area contributed by atoms with Crippen LogP contribution in [0.2, 0.25) is 0 Å². The third-order valence-electron chi connectivity index (χ3n) is 2.60. The SMILES string of the molecule is CNCCC(F)(F)C1CCCNC1. The maximum Gasteiger partial charge on any atom is 0.253 e. The van der Waals surface area contributed by atoms with Crippen LogP contribution >= 0.6 is 0 Å². The first-order chi connectivity index (χ1) is 6.17. The van der Waals surface area contributed by atoms with E-state index in [0.717, 1.165) is 13.0 Å². The smallest absolute Gasteiger partial charge is 0.253 e. The molecular formula is C9H18F2N2. The van der Waals surface area contributed by atoms with E-state index in [2.05, 4.69) is 10.6 Å². The second-order valence-corrected chi connectivity index (χ2v) is 3.66. The summed E-state index contributed by atoms with van der Waals surface area (Å²) < 4.78 is 26.8. The minimum atomic E-state index is -2.50. The van der Waals surface area contributed by atoms with Crippen molar-refractivity contribution in [1.82, 2.24) is 10.6 Å². The van der Waals surface area contributed by atoms with Crippen LogP contribution in [0.3, 0.4) is 0 Å². The van der Waals surface area contributed by atoms with Gasteiger partial charge < -0.3 is 10.6 Å². The van der Waals surface area contributed by atoms with Crippen molar-refractivity contribution in [3.63, 3.8) is 0 Å². The molecule has 0 saturated carbocycles. The molecule has 0 spiro atoms. The van der Waals surface area contributed by atoms with Crippen LogP contribution in [-0.2, 0) is 0 Å². The molecule has 1 aliphatic heterocycles. The second kappa shape index (κ2) is 4.86. The molecule has 0 aromatic carbocycles. The quantitative estimate of drug-likeness (QED) is 0.700. The van der Waals surface area contributed by atoms with E-state index in [0.29, 0.717) is 19.5 Å². The van der Waals surface area contributed by atoms with Gasteiger partial charge in [-0.3, -0.25) is 0 Å². The third-order valence-corrected chi connectivity index (χ3v) is 2.60. The van der Waals surface area contributed by atoms with Gasteiger partial charge in [-0.1, -0.05) is 0 Å². The maximum absolute atomic E-state index is 13.4. The van der Waals surface area contributed by atoms with Crippen LogP contribution in [0.5, 0.6) is 0 Å². The summed E-state index contributed by atoms with van der Waals surface area (Å²) in [5, 5.41) is 5.78. The van der Waals surface area contributed by atoms with E-state index in [1.165, 1.54) is 0 Å². The normalized spacial score (nSPS) is 24.7. The summed E-state index contributed by atoms with van der Waals surface area (Å²) in [5.41, 5.74) is 0. The Morgan fingerprint density at radius 2 is 2.31 bits per heavy atom. The molecule has 0 bridgehead atoms. The van der Waals surface area contributed by atoms with Crippen LogP contribution in [0.1, 0.15) is 19.3 Å². The molecule has 0 radical (unpaired) electrons. The van der Waals surface area contributed by atoms with Crippen molar-refractivity contribution in [2.24, 2.45) is 5.92 Å². The molecule has 1 saturated heterocycles. The molecule has 13 heavy (non-hydrogen) atoms. The molecule has 1 rings (SSSR count). The largest absolute Gasteiger partial charge is 0.320 e. The molecule has 4 heteroatoms. The van der Waals surface area contributed by atoms with E-state index in [9.17, 15) is 8.78 Å². The van der Waals surface area contributed by atoms with Crippen molar-refractivity contribution in [2.45, 2.75) is 25.2 Å². The van der Waals surface area contributed by atoms with Crippen molar-refractivity contribution >= 4 is 0 Å². The summed E-state index contributed by atoms with van der Waals surface area (Å²) in [6.45, 7) is 1.75. The highest BCUT2D eigenvalue weighted by Crippen LogP contribution is 2.32. The van der Waals surface area contributed by atoms with Crippen molar-refractivity contribution in [3.8, 4) is 0 Å². The van der Waals surface area contributed by atoms with Crippen molar-refractivity contribution in [1.29, 1.82) is 0 Å². The molecule has 1 unspecified atom stereocenters. The fraction of sp³-hybridized carbons (Fsp3) is 1.00. The van der Waals surface area contributed by atoms with Gasteiger partial charge >= 0.3 is 0 Å². The van der Waals surface area contributed by atoms with Gasteiger partial charge in [-0.05, 0) is 26.4 Å².